The standard InChI is InChI=1S/C17H18N2O3S/c1-4-13-16(11-5-6-14(22-3)10(2)7-11)18-17-19(13)12(9-23-17)8-15(20)21/h5-7,9H,4,8H2,1-3H3,(H,20,21). The van der Waals surface area contributed by atoms with E-state index in [-0.39, 0.29) is 6.42 Å². The molecule has 6 heteroatoms. The van der Waals surface area contributed by atoms with E-state index in [1.54, 1.807) is 7.11 Å². The van der Waals surface area contributed by atoms with E-state index in [0.717, 1.165) is 45.3 Å². The summed E-state index contributed by atoms with van der Waals surface area (Å²) in [5.74, 6) is 0.0154. The van der Waals surface area contributed by atoms with Crippen LogP contribution in [0.15, 0.2) is 23.6 Å². The van der Waals surface area contributed by atoms with Crippen molar-refractivity contribution in [2.75, 3.05) is 7.11 Å². The predicted molar refractivity (Wildman–Crippen MR) is 90.5 cm³/mol. The van der Waals surface area contributed by atoms with Crippen LogP contribution < -0.4 is 4.74 Å². The largest absolute Gasteiger partial charge is 0.496 e. The Labute approximate surface area is 138 Å². The van der Waals surface area contributed by atoms with Crippen molar-refractivity contribution in [3.8, 4) is 17.0 Å². The highest BCUT2D eigenvalue weighted by atomic mass is 32.1. The summed E-state index contributed by atoms with van der Waals surface area (Å²) in [4.78, 5) is 16.6. The van der Waals surface area contributed by atoms with E-state index in [9.17, 15) is 4.79 Å². The lowest BCUT2D eigenvalue weighted by atomic mass is 10.1. The summed E-state index contributed by atoms with van der Waals surface area (Å²) in [6.45, 7) is 4.06. The number of fused-ring (bicyclic) bond motifs is 1. The normalized spacial score (nSPS) is 11.1. The third kappa shape index (κ3) is 2.70. The molecule has 0 radical (unpaired) electrons. The number of ether oxygens (including phenoxy) is 1. The van der Waals surface area contributed by atoms with Gasteiger partial charge in [0.05, 0.1) is 24.9 Å². The molecule has 0 unspecified atom stereocenters. The van der Waals surface area contributed by atoms with Crippen molar-refractivity contribution in [1.29, 1.82) is 0 Å². The maximum atomic E-state index is 11.1. The van der Waals surface area contributed by atoms with Gasteiger partial charge >= 0.3 is 5.97 Å². The van der Waals surface area contributed by atoms with Gasteiger partial charge in [-0.15, -0.1) is 11.3 Å². The zero-order valence-corrected chi connectivity index (χ0v) is 14.1. The Bertz CT molecular complexity index is 879. The number of rotatable bonds is 5. The molecule has 0 amide bonds. The average Bonchev–Trinajstić information content (AvgIpc) is 3.06. The zero-order chi connectivity index (χ0) is 16.6. The smallest absolute Gasteiger partial charge is 0.309 e. The van der Waals surface area contributed by atoms with Crippen molar-refractivity contribution in [1.82, 2.24) is 9.38 Å². The van der Waals surface area contributed by atoms with Gasteiger partial charge in [0, 0.05) is 16.6 Å². The minimum atomic E-state index is -0.831. The lowest BCUT2D eigenvalue weighted by molar-refractivity contribution is -0.136. The van der Waals surface area contributed by atoms with Crippen LogP contribution in [0.5, 0.6) is 5.75 Å². The van der Waals surface area contributed by atoms with Crippen LogP contribution in [0.2, 0.25) is 0 Å². The first-order chi connectivity index (χ1) is 11.0. The van der Waals surface area contributed by atoms with Crippen LogP contribution in [-0.2, 0) is 17.6 Å². The summed E-state index contributed by atoms with van der Waals surface area (Å²) in [5, 5.41) is 11.0. The van der Waals surface area contributed by atoms with Gasteiger partial charge in [-0.25, -0.2) is 4.98 Å². The van der Waals surface area contributed by atoms with E-state index >= 15 is 0 Å². The highest BCUT2D eigenvalue weighted by Gasteiger charge is 2.18. The molecule has 0 spiro atoms. The van der Waals surface area contributed by atoms with E-state index in [2.05, 4.69) is 13.0 Å². The molecule has 0 aliphatic heterocycles. The minimum Gasteiger partial charge on any atom is -0.496 e. The van der Waals surface area contributed by atoms with Gasteiger partial charge in [-0.3, -0.25) is 9.20 Å². The highest BCUT2D eigenvalue weighted by Crippen LogP contribution is 2.31. The molecular formula is C17H18N2O3S. The number of aromatic nitrogens is 2. The second kappa shape index (κ2) is 6.04. The summed E-state index contributed by atoms with van der Waals surface area (Å²) in [6.07, 6.45) is 0.787. The Morgan fingerprint density at radius 2 is 2.22 bits per heavy atom. The summed E-state index contributed by atoms with van der Waals surface area (Å²) >= 11 is 1.48. The maximum absolute atomic E-state index is 11.1. The Morgan fingerprint density at radius 3 is 2.83 bits per heavy atom. The molecule has 23 heavy (non-hydrogen) atoms. The number of methoxy groups -OCH3 is 1. The van der Waals surface area contributed by atoms with Gasteiger partial charge in [-0.1, -0.05) is 6.92 Å². The fourth-order valence-electron chi connectivity index (χ4n) is 2.84. The molecule has 0 saturated heterocycles. The molecule has 2 aromatic heterocycles. The van der Waals surface area contributed by atoms with Crippen molar-refractivity contribution < 1.29 is 14.6 Å². The number of hydrogen-bond donors (Lipinski definition) is 1. The third-order valence-corrected chi connectivity index (χ3v) is 4.74. The number of carbonyl (C=O) groups is 1. The fourth-order valence-corrected chi connectivity index (χ4v) is 3.75. The number of imidazole rings is 1. The molecule has 5 nitrogen and oxygen atoms in total. The van der Waals surface area contributed by atoms with E-state index in [4.69, 9.17) is 14.8 Å². The molecule has 3 aromatic rings. The maximum Gasteiger partial charge on any atom is 0.309 e. The molecule has 0 fully saturated rings. The van der Waals surface area contributed by atoms with Crippen molar-refractivity contribution in [2.45, 2.75) is 26.7 Å². The van der Waals surface area contributed by atoms with Crippen LogP contribution in [0.1, 0.15) is 23.9 Å². The van der Waals surface area contributed by atoms with Gasteiger partial charge < -0.3 is 9.84 Å². The number of nitrogens with zero attached hydrogens (tertiary/aromatic N) is 2. The first kappa shape index (κ1) is 15.6. The van der Waals surface area contributed by atoms with E-state index in [1.165, 1.54) is 11.3 Å². The van der Waals surface area contributed by atoms with Crippen LogP contribution in [0.25, 0.3) is 16.2 Å². The monoisotopic (exact) mass is 330 g/mol. The van der Waals surface area contributed by atoms with Crippen LogP contribution in [0.3, 0.4) is 0 Å². The lowest BCUT2D eigenvalue weighted by Gasteiger charge is -2.08. The topological polar surface area (TPSA) is 63.8 Å². The summed E-state index contributed by atoms with van der Waals surface area (Å²) in [5.41, 5.74) is 4.81. The Kier molecular flexibility index (Phi) is 4.09. The summed E-state index contributed by atoms with van der Waals surface area (Å²) in [6, 6.07) is 5.99. The van der Waals surface area contributed by atoms with Gasteiger partial charge in [0.1, 0.15) is 5.75 Å². The van der Waals surface area contributed by atoms with E-state index in [0.29, 0.717) is 0 Å². The molecule has 1 aromatic carbocycles. The first-order valence-electron chi connectivity index (χ1n) is 7.39. The quantitative estimate of drug-likeness (QED) is 0.777. The Morgan fingerprint density at radius 1 is 1.43 bits per heavy atom. The zero-order valence-electron chi connectivity index (χ0n) is 13.3. The van der Waals surface area contributed by atoms with E-state index < -0.39 is 5.97 Å². The molecule has 0 bridgehead atoms. The van der Waals surface area contributed by atoms with Crippen molar-refractivity contribution in [3.05, 3.63) is 40.5 Å². The number of aryl methyl sites for hydroxylation is 2. The number of thiazole rings is 1. The van der Waals surface area contributed by atoms with E-state index in [1.807, 2.05) is 28.8 Å². The Hall–Kier alpha value is -2.34. The number of carboxylic acids is 1. The lowest BCUT2D eigenvalue weighted by Crippen LogP contribution is -2.04. The van der Waals surface area contributed by atoms with Crippen LogP contribution in [0, 0.1) is 6.92 Å². The minimum absolute atomic E-state index is 0.00441. The molecular weight excluding hydrogens is 312 g/mol. The molecule has 0 aliphatic rings. The molecule has 0 aliphatic carbocycles. The van der Waals surface area contributed by atoms with Gasteiger partial charge in [-0.05, 0) is 37.1 Å². The van der Waals surface area contributed by atoms with Gasteiger partial charge in [-0.2, -0.15) is 0 Å². The third-order valence-electron chi connectivity index (χ3n) is 3.87. The number of aliphatic carboxylic acids is 1. The number of benzene rings is 1. The van der Waals surface area contributed by atoms with Gasteiger partial charge in [0.2, 0.25) is 0 Å². The first-order valence-corrected chi connectivity index (χ1v) is 8.27. The summed E-state index contributed by atoms with van der Waals surface area (Å²) < 4.78 is 7.29. The summed E-state index contributed by atoms with van der Waals surface area (Å²) in [7, 11) is 1.66. The Balaban J connectivity index is 2.16. The molecule has 1 N–H and O–H groups in total. The fraction of sp³-hybridized carbons (Fsp3) is 0.294. The van der Waals surface area contributed by atoms with Crippen molar-refractivity contribution >= 4 is 22.3 Å². The average molecular weight is 330 g/mol. The molecule has 2 heterocycles. The molecule has 120 valence electrons. The van der Waals surface area contributed by atoms with Gasteiger partial charge in [0.15, 0.2) is 4.96 Å². The van der Waals surface area contributed by atoms with Crippen LogP contribution in [0.4, 0.5) is 0 Å². The molecule has 0 atom stereocenters. The second-order valence-corrected chi connectivity index (χ2v) is 6.20. The van der Waals surface area contributed by atoms with Crippen LogP contribution >= 0.6 is 11.3 Å². The number of carboxylic acid groups (broad SMARTS) is 1. The molecule has 3 rings (SSSR count). The van der Waals surface area contributed by atoms with Gasteiger partial charge in [0.25, 0.3) is 0 Å². The van der Waals surface area contributed by atoms with Crippen molar-refractivity contribution in [3.63, 3.8) is 0 Å². The SMILES string of the molecule is CCc1c(-c2ccc(OC)c(C)c2)nc2scc(CC(=O)O)n12. The second-order valence-electron chi connectivity index (χ2n) is 5.36. The molecule has 0 saturated carbocycles. The van der Waals surface area contributed by atoms with Crippen LogP contribution in [-0.4, -0.2) is 27.6 Å². The highest BCUT2D eigenvalue weighted by molar-refractivity contribution is 7.15. The van der Waals surface area contributed by atoms with Crippen molar-refractivity contribution in [2.24, 2.45) is 0 Å². The predicted octanol–water partition coefficient (Wildman–Crippen LogP) is 3.57. The number of hydrogen-bond acceptors (Lipinski definition) is 4.